The molecule has 0 aromatic carbocycles. The van der Waals surface area contributed by atoms with E-state index in [9.17, 15) is 4.79 Å². The van der Waals surface area contributed by atoms with E-state index in [1.165, 1.54) is 6.92 Å². The Balaban J connectivity index is 2.14. The van der Waals surface area contributed by atoms with E-state index in [0.717, 1.165) is 37.9 Å². The first-order valence-corrected chi connectivity index (χ1v) is 7.28. The van der Waals surface area contributed by atoms with Crippen molar-refractivity contribution in [3.8, 4) is 0 Å². The zero-order chi connectivity index (χ0) is 12.5. The molecule has 0 amide bonds. The van der Waals surface area contributed by atoms with Gasteiger partial charge in [0, 0.05) is 6.92 Å². The van der Waals surface area contributed by atoms with Crippen LogP contribution in [0.15, 0.2) is 12.7 Å². The molecule has 1 aliphatic heterocycles. The molecular formula is C13H22O3S. The summed E-state index contributed by atoms with van der Waals surface area (Å²) in [6.45, 7) is 5.55. The lowest BCUT2D eigenvalue weighted by Gasteiger charge is -2.29. The van der Waals surface area contributed by atoms with E-state index in [1.807, 2.05) is 17.8 Å². The topological polar surface area (TPSA) is 35.5 Å². The Morgan fingerprint density at radius 1 is 1.59 bits per heavy atom. The Bertz CT molecular complexity index is 243. The van der Waals surface area contributed by atoms with Crippen molar-refractivity contribution < 1.29 is 14.3 Å². The van der Waals surface area contributed by atoms with Gasteiger partial charge in [0.2, 0.25) is 0 Å². The van der Waals surface area contributed by atoms with Gasteiger partial charge in [-0.15, -0.1) is 18.3 Å². The third-order valence-electron chi connectivity index (χ3n) is 2.64. The molecular weight excluding hydrogens is 236 g/mol. The van der Waals surface area contributed by atoms with Crippen LogP contribution in [0.25, 0.3) is 0 Å². The molecule has 0 saturated carbocycles. The molecule has 2 atom stereocenters. The van der Waals surface area contributed by atoms with Gasteiger partial charge in [0.05, 0.1) is 6.10 Å². The van der Waals surface area contributed by atoms with Crippen molar-refractivity contribution in [3.63, 3.8) is 0 Å². The zero-order valence-electron chi connectivity index (χ0n) is 10.5. The van der Waals surface area contributed by atoms with Gasteiger partial charge in [0.25, 0.3) is 0 Å². The number of carbonyl (C=O) groups excluding carboxylic acids is 1. The van der Waals surface area contributed by atoms with Crippen LogP contribution in [0.5, 0.6) is 0 Å². The van der Waals surface area contributed by atoms with E-state index in [1.54, 1.807) is 0 Å². The SMILES string of the molecule is C=CCCCS[C@@H]1CCC[C@H](COC(C)=O)O1. The molecule has 0 unspecified atom stereocenters. The minimum Gasteiger partial charge on any atom is -0.463 e. The highest BCUT2D eigenvalue weighted by molar-refractivity contribution is 7.99. The van der Waals surface area contributed by atoms with E-state index in [4.69, 9.17) is 9.47 Å². The average Bonchev–Trinajstić information content (AvgIpc) is 2.33. The van der Waals surface area contributed by atoms with Crippen LogP contribution in [0.4, 0.5) is 0 Å². The Hall–Kier alpha value is -0.480. The van der Waals surface area contributed by atoms with Crippen LogP contribution in [0.1, 0.15) is 39.0 Å². The largest absolute Gasteiger partial charge is 0.463 e. The van der Waals surface area contributed by atoms with Crippen LogP contribution in [-0.4, -0.2) is 29.9 Å². The van der Waals surface area contributed by atoms with Crippen molar-refractivity contribution in [2.45, 2.75) is 50.6 Å². The first-order valence-electron chi connectivity index (χ1n) is 6.23. The van der Waals surface area contributed by atoms with Gasteiger partial charge < -0.3 is 9.47 Å². The molecule has 0 radical (unpaired) electrons. The summed E-state index contributed by atoms with van der Waals surface area (Å²) in [6.07, 6.45) is 7.52. The number of esters is 1. The highest BCUT2D eigenvalue weighted by Gasteiger charge is 2.23. The Morgan fingerprint density at radius 2 is 2.41 bits per heavy atom. The number of unbranched alkanes of at least 4 members (excludes halogenated alkanes) is 1. The van der Waals surface area contributed by atoms with Gasteiger partial charge in [-0.1, -0.05) is 6.08 Å². The van der Waals surface area contributed by atoms with E-state index in [0.29, 0.717) is 6.61 Å². The second kappa shape index (κ2) is 8.59. The van der Waals surface area contributed by atoms with E-state index >= 15 is 0 Å². The molecule has 0 aliphatic carbocycles. The fourth-order valence-corrected chi connectivity index (χ4v) is 2.93. The maximum atomic E-state index is 10.7. The van der Waals surface area contributed by atoms with Gasteiger partial charge in [0.1, 0.15) is 12.0 Å². The van der Waals surface area contributed by atoms with Crippen molar-refractivity contribution in [3.05, 3.63) is 12.7 Å². The summed E-state index contributed by atoms with van der Waals surface area (Å²) in [4.78, 5) is 10.7. The Morgan fingerprint density at radius 3 is 3.12 bits per heavy atom. The molecule has 0 N–H and O–H groups in total. The third-order valence-corrected chi connectivity index (χ3v) is 3.88. The molecule has 1 heterocycles. The molecule has 0 spiro atoms. The average molecular weight is 258 g/mol. The molecule has 1 aliphatic rings. The van der Waals surface area contributed by atoms with Crippen LogP contribution in [0.3, 0.4) is 0 Å². The van der Waals surface area contributed by atoms with Gasteiger partial charge in [-0.05, 0) is 37.9 Å². The van der Waals surface area contributed by atoms with Gasteiger partial charge >= 0.3 is 5.97 Å². The summed E-state index contributed by atoms with van der Waals surface area (Å²) >= 11 is 1.86. The lowest BCUT2D eigenvalue weighted by atomic mass is 10.1. The van der Waals surface area contributed by atoms with Crippen molar-refractivity contribution in [1.29, 1.82) is 0 Å². The summed E-state index contributed by atoms with van der Waals surface area (Å²) in [6, 6.07) is 0. The van der Waals surface area contributed by atoms with Crippen LogP contribution in [0.2, 0.25) is 0 Å². The second-order valence-corrected chi connectivity index (χ2v) is 5.49. The Kier molecular flexibility index (Phi) is 7.37. The van der Waals surface area contributed by atoms with Gasteiger partial charge in [-0.2, -0.15) is 0 Å². The standard InChI is InChI=1S/C13H22O3S/c1-3-4-5-9-17-13-8-6-7-12(16-13)10-15-11(2)14/h3,12-13H,1,4-10H2,2H3/t12-,13-/m1/s1. The van der Waals surface area contributed by atoms with Crippen LogP contribution < -0.4 is 0 Å². The van der Waals surface area contributed by atoms with Crippen LogP contribution >= 0.6 is 11.8 Å². The normalized spacial score (nSPS) is 24.3. The molecule has 0 aromatic rings. The smallest absolute Gasteiger partial charge is 0.302 e. The quantitative estimate of drug-likeness (QED) is 0.399. The highest BCUT2D eigenvalue weighted by Crippen LogP contribution is 2.27. The molecule has 1 saturated heterocycles. The van der Waals surface area contributed by atoms with E-state index in [-0.39, 0.29) is 17.5 Å². The fraction of sp³-hybridized carbons (Fsp3) is 0.769. The van der Waals surface area contributed by atoms with Crippen molar-refractivity contribution >= 4 is 17.7 Å². The minimum absolute atomic E-state index is 0.0876. The second-order valence-electron chi connectivity index (χ2n) is 4.22. The number of thioether (sulfide) groups is 1. The molecule has 98 valence electrons. The van der Waals surface area contributed by atoms with Crippen LogP contribution in [-0.2, 0) is 14.3 Å². The summed E-state index contributed by atoms with van der Waals surface area (Å²) in [5, 5.41) is 0. The lowest BCUT2D eigenvalue weighted by Crippen LogP contribution is -2.30. The fourth-order valence-electron chi connectivity index (χ4n) is 1.76. The van der Waals surface area contributed by atoms with Gasteiger partial charge in [-0.25, -0.2) is 0 Å². The van der Waals surface area contributed by atoms with Gasteiger partial charge in [0.15, 0.2) is 0 Å². The van der Waals surface area contributed by atoms with Crippen LogP contribution in [0, 0.1) is 0 Å². The molecule has 1 fully saturated rings. The number of ether oxygens (including phenoxy) is 2. The molecule has 1 rings (SSSR count). The van der Waals surface area contributed by atoms with Crippen molar-refractivity contribution in [1.82, 2.24) is 0 Å². The molecule has 17 heavy (non-hydrogen) atoms. The highest BCUT2D eigenvalue weighted by atomic mass is 32.2. The summed E-state index contributed by atoms with van der Waals surface area (Å²) in [5.41, 5.74) is 0.272. The maximum Gasteiger partial charge on any atom is 0.302 e. The number of hydrogen-bond acceptors (Lipinski definition) is 4. The third kappa shape index (κ3) is 6.74. The first-order chi connectivity index (χ1) is 8.22. The maximum absolute atomic E-state index is 10.7. The molecule has 0 bridgehead atoms. The number of hydrogen-bond donors (Lipinski definition) is 0. The van der Waals surface area contributed by atoms with E-state index in [2.05, 4.69) is 6.58 Å². The Labute approximate surface area is 108 Å². The number of carbonyl (C=O) groups is 1. The number of allylic oxidation sites excluding steroid dienone is 1. The van der Waals surface area contributed by atoms with Crippen molar-refractivity contribution in [2.24, 2.45) is 0 Å². The van der Waals surface area contributed by atoms with E-state index < -0.39 is 0 Å². The zero-order valence-corrected chi connectivity index (χ0v) is 11.3. The number of rotatable bonds is 7. The monoisotopic (exact) mass is 258 g/mol. The molecule has 4 heteroatoms. The summed E-state index contributed by atoms with van der Waals surface area (Å²) in [7, 11) is 0. The summed E-state index contributed by atoms with van der Waals surface area (Å²) in [5.74, 6) is 0.881. The molecule has 3 nitrogen and oxygen atoms in total. The predicted octanol–water partition coefficient (Wildman–Crippen LogP) is 3.14. The predicted molar refractivity (Wildman–Crippen MR) is 71.0 cm³/mol. The minimum atomic E-state index is -0.227. The van der Waals surface area contributed by atoms with Gasteiger partial charge in [-0.3, -0.25) is 4.79 Å². The lowest BCUT2D eigenvalue weighted by molar-refractivity contribution is -0.147. The summed E-state index contributed by atoms with van der Waals surface area (Å²) < 4.78 is 10.9. The molecule has 0 aromatic heterocycles. The van der Waals surface area contributed by atoms with Crippen molar-refractivity contribution in [2.75, 3.05) is 12.4 Å². The first kappa shape index (κ1) is 14.6.